The summed E-state index contributed by atoms with van der Waals surface area (Å²) >= 11 is 0. The van der Waals surface area contributed by atoms with Crippen LogP contribution in [0.2, 0.25) is 0 Å². The summed E-state index contributed by atoms with van der Waals surface area (Å²) in [5, 5.41) is 8.69. The lowest BCUT2D eigenvalue weighted by molar-refractivity contribution is 0.182. The molecule has 0 aliphatic carbocycles. The van der Waals surface area contributed by atoms with Crippen LogP contribution in [0.3, 0.4) is 0 Å². The van der Waals surface area contributed by atoms with Gasteiger partial charge < -0.3 is 11.4 Å². The maximum absolute atomic E-state index is 8.69. The molecule has 1 saturated heterocycles. The molecule has 0 amide bonds. The van der Waals surface area contributed by atoms with Crippen LogP contribution in [0.15, 0.2) is 0 Å². The normalized spacial score (nSPS) is 31.5. The van der Waals surface area contributed by atoms with Crippen LogP contribution in [0.25, 0.3) is 0 Å². The highest BCUT2D eigenvalue weighted by Crippen LogP contribution is 2.12. The number of likely N-dealkylation sites (N-methyl/N-ethyl adjacent to an activating group) is 1. The Morgan fingerprint density at radius 3 is 2.88 bits per heavy atom. The second kappa shape index (κ2) is 2.46. The van der Waals surface area contributed by atoms with Crippen molar-refractivity contribution in [2.75, 3.05) is 20.2 Å². The van der Waals surface area contributed by atoms with Crippen LogP contribution in [0, 0.1) is 0 Å². The summed E-state index contributed by atoms with van der Waals surface area (Å²) in [5.41, 5.74) is 0. The van der Waals surface area contributed by atoms with Gasteiger partial charge in [-0.1, -0.05) is 0 Å². The van der Waals surface area contributed by atoms with Gasteiger partial charge in [0.15, 0.2) is 0 Å². The molecule has 0 unspecified atom stereocenters. The monoisotopic (exact) mass is 117 g/mol. The van der Waals surface area contributed by atoms with Crippen molar-refractivity contribution in [3.63, 3.8) is 0 Å². The number of aliphatic hydroxyl groups excluding tert-OH is 1. The first-order chi connectivity index (χ1) is 3.84. The Kier molecular flexibility index (Phi) is 1.86. The summed E-state index contributed by atoms with van der Waals surface area (Å²) < 4.78 is 0. The van der Waals surface area contributed by atoms with Crippen molar-refractivity contribution in [3.05, 3.63) is 0 Å². The molecule has 1 heterocycles. The smallest absolute Gasteiger partial charge is 0.0586 e. The van der Waals surface area contributed by atoms with Gasteiger partial charge in [-0.3, -0.25) is 0 Å². The number of hydrogen-bond acceptors (Lipinski definition) is 2. The minimum atomic E-state index is 0. The van der Waals surface area contributed by atoms with Gasteiger partial charge in [0.2, 0.25) is 0 Å². The summed E-state index contributed by atoms with van der Waals surface area (Å²) in [6.45, 7) is 1.49. The van der Waals surface area contributed by atoms with Gasteiger partial charge in [0.1, 0.15) is 0 Å². The van der Waals surface area contributed by atoms with Gasteiger partial charge >= 0.3 is 0 Å². The lowest BCUT2D eigenvalue weighted by Gasteiger charge is -2.15. The molecule has 0 radical (unpaired) electrons. The fourth-order valence-electron chi connectivity index (χ4n) is 1.21. The van der Waals surface area contributed by atoms with E-state index in [4.69, 9.17) is 5.11 Å². The van der Waals surface area contributed by atoms with E-state index >= 15 is 0 Å². The van der Waals surface area contributed by atoms with Gasteiger partial charge in [-0.25, -0.2) is 0 Å². The quantitative estimate of drug-likeness (QED) is 0.530. The highest BCUT2D eigenvalue weighted by atomic mass is 16.3. The van der Waals surface area contributed by atoms with Gasteiger partial charge in [0.25, 0.3) is 0 Å². The molecular formula is C6H14NO-. The number of likely N-dealkylation sites (tertiary alicyclic amines) is 1. The molecule has 0 aromatic carbocycles. The predicted molar refractivity (Wildman–Crippen MR) is 33.8 cm³/mol. The third kappa shape index (κ3) is 1.01. The van der Waals surface area contributed by atoms with Crippen molar-refractivity contribution < 1.29 is 6.53 Å². The summed E-state index contributed by atoms with van der Waals surface area (Å²) in [5.74, 6) is 0. The Balaban J connectivity index is 0.000000640. The molecule has 1 rings (SSSR count). The molecule has 0 bridgehead atoms. The molecule has 1 atom stereocenters. The highest BCUT2D eigenvalue weighted by molar-refractivity contribution is 4.74. The first-order valence-electron chi connectivity index (χ1n) is 3.15. The fourth-order valence-corrected chi connectivity index (χ4v) is 1.21. The lowest BCUT2D eigenvalue weighted by Crippen LogP contribution is -2.27. The summed E-state index contributed by atoms with van der Waals surface area (Å²) in [6, 6.07) is 0.454. The van der Waals surface area contributed by atoms with Crippen LogP contribution in [0.4, 0.5) is 0 Å². The molecule has 1 aliphatic heterocycles. The van der Waals surface area contributed by atoms with Crippen molar-refractivity contribution in [1.29, 1.82) is 0 Å². The number of nitrogens with zero attached hydrogens (tertiary/aromatic N) is 1. The number of aliphatic hydroxyl groups is 1. The average Bonchev–Trinajstić information content (AvgIpc) is 2.14. The zero-order valence-corrected chi connectivity index (χ0v) is 5.30. The van der Waals surface area contributed by atoms with Crippen molar-refractivity contribution in [3.8, 4) is 0 Å². The average molecular weight is 117 g/mol. The molecule has 50 valence electrons. The van der Waals surface area contributed by atoms with Crippen molar-refractivity contribution >= 4 is 0 Å². The Bertz CT molecular complexity index is 79.5. The second-order valence-electron chi connectivity index (χ2n) is 2.46. The van der Waals surface area contributed by atoms with Crippen molar-refractivity contribution in [1.82, 2.24) is 4.90 Å². The molecule has 1 fully saturated rings. The maximum Gasteiger partial charge on any atom is 0.0586 e. The Hall–Kier alpha value is -0.0800. The van der Waals surface area contributed by atoms with E-state index in [0.29, 0.717) is 12.6 Å². The highest BCUT2D eigenvalue weighted by Gasteiger charge is 2.18. The Morgan fingerprint density at radius 2 is 2.62 bits per heavy atom. The zero-order chi connectivity index (χ0) is 5.98. The third-order valence-electron chi connectivity index (χ3n) is 1.88. The third-order valence-corrected chi connectivity index (χ3v) is 1.88. The second-order valence-corrected chi connectivity index (χ2v) is 2.46. The van der Waals surface area contributed by atoms with E-state index in [1.807, 2.05) is 0 Å². The minimum absolute atomic E-state index is 0. The fraction of sp³-hybridized carbons (Fsp3) is 1.00. The van der Waals surface area contributed by atoms with E-state index in [0.717, 1.165) is 6.54 Å². The Labute approximate surface area is 51.6 Å². The molecule has 2 nitrogen and oxygen atoms in total. The molecular weight excluding hydrogens is 102 g/mol. The molecule has 1 aliphatic rings. The first-order valence-corrected chi connectivity index (χ1v) is 3.15. The SMILES string of the molecule is CN1CCC[C@@H]1CO.[2H-]. The largest absolute Gasteiger partial charge is 1.00 e. The van der Waals surface area contributed by atoms with E-state index in [-0.39, 0.29) is 1.43 Å². The standard InChI is InChI=1S/C6H13NO.H/c1-7-4-2-3-6(7)5-8;/h6,8H,2-5H2,1H3;/q;-1/t6-;/m1./s1/i;1+1. The van der Waals surface area contributed by atoms with Gasteiger partial charge in [0.05, 0.1) is 6.61 Å². The van der Waals surface area contributed by atoms with Crippen LogP contribution in [-0.2, 0) is 0 Å². The lowest BCUT2D eigenvalue weighted by atomic mass is 10.2. The van der Waals surface area contributed by atoms with E-state index in [2.05, 4.69) is 11.9 Å². The molecule has 0 saturated carbocycles. The Morgan fingerprint density at radius 1 is 1.88 bits per heavy atom. The van der Waals surface area contributed by atoms with E-state index in [1.165, 1.54) is 12.8 Å². The van der Waals surface area contributed by atoms with Gasteiger partial charge in [0, 0.05) is 6.04 Å². The summed E-state index contributed by atoms with van der Waals surface area (Å²) in [6.07, 6.45) is 2.43. The molecule has 2 heteroatoms. The van der Waals surface area contributed by atoms with Crippen LogP contribution in [-0.4, -0.2) is 36.2 Å². The van der Waals surface area contributed by atoms with Gasteiger partial charge in [-0.15, -0.1) is 0 Å². The maximum atomic E-state index is 8.69. The first kappa shape index (κ1) is 6.05. The zero-order valence-electron chi connectivity index (χ0n) is 6.30. The number of rotatable bonds is 1. The van der Waals surface area contributed by atoms with Crippen molar-refractivity contribution in [2.24, 2.45) is 0 Å². The van der Waals surface area contributed by atoms with Crippen LogP contribution in [0.1, 0.15) is 14.3 Å². The minimum Gasteiger partial charge on any atom is -1.00 e. The number of hydrogen-bond donors (Lipinski definition) is 1. The molecule has 1 N–H and O–H groups in total. The predicted octanol–water partition coefficient (Wildman–Crippen LogP) is 0.185. The van der Waals surface area contributed by atoms with Crippen molar-refractivity contribution in [2.45, 2.75) is 18.9 Å². The van der Waals surface area contributed by atoms with Crippen LogP contribution >= 0.6 is 0 Å². The topological polar surface area (TPSA) is 23.5 Å². The molecule has 0 aromatic rings. The van der Waals surface area contributed by atoms with Crippen LogP contribution < -0.4 is 0 Å². The van der Waals surface area contributed by atoms with E-state index < -0.39 is 0 Å². The molecule has 0 aromatic heterocycles. The van der Waals surface area contributed by atoms with E-state index in [9.17, 15) is 0 Å². The molecule has 0 spiro atoms. The van der Waals surface area contributed by atoms with Crippen LogP contribution in [0.5, 0.6) is 0 Å². The van der Waals surface area contributed by atoms with E-state index in [1.54, 1.807) is 0 Å². The molecule has 8 heavy (non-hydrogen) atoms. The van der Waals surface area contributed by atoms with Gasteiger partial charge in [-0.05, 0) is 26.4 Å². The summed E-state index contributed by atoms with van der Waals surface area (Å²) in [4.78, 5) is 2.21. The summed E-state index contributed by atoms with van der Waals surface area (Å²) in [7, 11) is 2.06. The van der Waals surface area contributed by atoms with Gasteiger partial charge in [-0.2, -0.15) is 0 Å².